The van der Waals surface area contributed by atoms with Gasteiger partial charge in [-0.15, -0.1) is 0 Å². The SMILES string of the molecule is [2H]c1c([2H])c(N(c2ccc(-c3ccccc3)cc2)c2ccc(-c3ccc4ccccc4c3-c3ccccc3)cc2)c([2H])c([2H])c1-c1ccc(-c2ccccc2)cc1. The van der Waals surface area contributed by atoms with Crippen molar-refractivity contribution in [2.24, 2.45) is 0 Å². The predicted molar refractivity (Wildman–Crippen MR) is 226 cm³/mol. The Bertz CT molecular complexity index is 2810. The zero-order chi connectivity index (χ0) is 38.9. The van der Waals surface area contributed by atoms with Crippen LogP contribution in [0.2, 0.25) is 0 Å². The molecule has 0 N–H and O–H groups in total. The summed E-state index contributed by atoms with van der Waals surface area (Å²) in [5.74, 6) is 0. The second-order valence-electron chi connectivity index (χ2n) is 13.0. The second-order valence-corrected chi connectivity index (χ2v) is 13.0. The van der Waals surface area contributed by atoms with Crippen molar-refractivity contribution < 1.29 is 5.48 Å². The highest BCUT2D eigenvalue weighted by atomic mass is 15.1. The van der Waals surface area contributed by atoms with Gasteiger partial charge < -0.3 is 4.90 Å². The van der Waals surface area contributed by atoms with Gasteiger partial charge in [-0.2, -0.15) is 0 Å². The predicted octanol–water partition coefficient (Wildman–Crippen LogP) is 14.6. The lowest BCUT2D eigenvalue weighted by Gasteiger charge is -2.26. The molecule has 0 heterocycles. The maximum absolute atomic E-state index is 9.45. The molecule has 53 heavy (non-hydrogen) atoms. The van der Waals surface area contributed by atoms with Crippen molar-refractivity contribution in [3.05, 3.63) is 224 Å². The number of benzene rings is 9. The number of rotatable bonds is 8. The van der Waals surface area contributed by atoms with Gasteiger partial charge in [-0.25, -0.2) is 0 Å². The quantitative estimate of drug-likeness (QED) is 0.154. The van der Waals surface area contributed by atoms with Gasteiger partial charge in [0.1, 0.15) is 0 Å². The molecule has 9 aromatic carbocycles. The summed E-state index contributed by atoms with van der Waals surface area (Å²) < 4.78 is 37.5. The Hall–Kier alpha value is -6.96. The van der Waals surface area contributed by atoms with Crippen molar-refractivity contribution in [2.45, 2.75) is 0 Å². The van der Waals surface area contributed by atoms with E-state index in [4.69, 9.17) is 0 Å². The highest BCUT2D eigenvalue weighted by Crippen LogP contribution is 2.41. The summed E-state index contributed by atoms with van der Waals surface area (Å²) in [6.07, 6.45) is 0. The molecule has 0 amide bonds. The smallest absolute Gasteiger partial charge is 0.0645 e. The first-order valence-corrected chi connectivity index (χ1v) is 17.9. The molecule has 0 saturated carbocycles. The molecule has 0 aromatic heterocycles. The van der Waals surface area contributed by atoms with Gasteiger partial charge in [-0.05, 0) is 103 Å². The van der Waals surface area contributed by atoms with E-state index in [1.54, 1.807) is 0 Å². The summed E-state index contributed by atoms with van der Waals surface area (Å²) in [4.78, 5) is 1.85. The first-order chi connectivity index (χ1) is 28.0. The normalized spacial score (nSPS) is 12.1. The summed E-state index contributed by atoms with van der Waals surface area (Å²) in [7, 11) is 0. The average Bonchev–Trinajstić information content (AvgIpc) is 3.28. The molecule has 0 saturated heterocycles. The molecule has 0 atom stereocenters. The van der Waals surface area contributed by atoms with Gasteiger partial charge in [0, 0.05) is 17.1 Å². The summed E-state index contributed by atoms with van der Waals surface area (Å²) in [6.45, 7) is 0. The van der Waals surface area contributed by atoms with Crippen molar-refractivity contribution in [3.63, 3.8) is 0 Å². The van der Waals surface area contributed by atoms with Crippen molar-refractivity contribution in [1.82, 2.24) is 0 Å². The molecule has 1 nitrogen and oxygen atoms in total. The van der Waals surface area contributed by atoms with E-state index in [2.05, 4.69) is 84.9 Å². The molecule has 0 bridgehead atoms. The minimum absolute atomic E-state index is 0.0929. The van der Waals surface area contributed by atoms with E-state index in [1.165, 1.54) is 10.8 Å². The van der Waals surface area contributed by atoms with E-state index >= 15 is 0 Å². The van der Waals surface area contributed by atoms with Crippen molar-refractivity contribution >= 4 is 27.8 Å². The van der Waals surface area contributed by atoms with Crippen LogP contribution in [0.3, 0.4) is 0 Å². The van der Waals surface area contributed by atoms with Crippen LogP contribution in [0.4, 0.5) is 17.1 Å². The molecule has 9 rings (SSSR count). The largest absolute Gasteiger partial charge is 0.311 e. The van der Waals surface area contributed by atoms with E-state index < -0.39 is 0 Å². The van der Waals surface area contributed by atoms with Crippen LogP contribution < -0.4 is 4.90 Å². The van der Waals surface area contributed by atoms with Gasteiger partial charge >= 0.3 is 0 Å². The van der Waals surface area contributed by atoms with Gasteiger partial charge in [-0.3, -0.25) is 0 Å². The molecule has 9 aromatic rings. The number of nitrogens with zero attached hydrogens (tertiary/aromatic N) is 1. The molecule has 0 radical (unpaired) electrons. The van der Waals surface area contributed by atoms with Gasteiger partial charge in [0.2, 0.25) is 0 Å². The lowest BCUT2D eigenvalue weighted by atomic mass is 9.90. The Morgan fingerprint density at radius 2 is 0.698 bits per heavy atom. The topological polar surface area (TPSA) is 3.24 Å². The Kier molecular flexibility index (Phi) is 7.50. The van der Waals surface area contributed by atoms with Crippen molar-refractivity contribution in [2.75, 3.05) is 4.90 Å². The lowest BCUT2D eigenvalue weighted by molar-refractivity contribution is 1.28. The fourth-order valence-corrected chi connectivity index (χ4v) is 7.08. The van der Waals surface area contributed by atoms with E-state index in [0.29, 0.717) is 11.3 Å². The standard InChI is InChI=1S/C52H37N/c1-4-12-38(13-5-1)40-20-22-41(23-21-40)43-26-33-48(34-27-43)53(47-31-24-42(25-32-47)39-14-6-2-7-15-39)49-35-28-45(29-36-49)51-37-30-44-16-10-11-19-50(44)52(51)46-17-8-3-9-18-46/h1-37H/i26D,27D,33D,34D. The van der Waals surface area contributed by atoms with Crippen molar-refractivity contribution in [3.8, 4) is 55.6 Å². The number of hydrogen-bond acceptors (Lipinski definition) is 1. The monoisotopic (exact) mass is 679 g/mol. The molecule has 0 aliphatic carbocycles. The third-order valence-electron chi connectivity index (χ3n) is 9.78. The number of fused-ring (bicyclic) bond motifs is 1. The highest BCUT2D eigenvalue weighted by Gasteiger charge is 2.16. The summed E-state index contributed by atoms with van der Waals surface area (Å²) in [5.41, 5.74) is 11.1. The Morgan fingerprint density at radius 1 is 0.283 bits per heavy atom. The van der Waals surface area contributed by atoms with Crippen LogP contribution >= 0.6 is 0 Å². The minimum atomic E-state index is -0.116. The van der Waals surface area contributed by atoms with E-state index in [-0.39, 0.29) is 35.4 Å². The molecule has 0 spiro atoms. The van der Waals surface area contributed by atoms with E-state index in [0.717, 1.165) is 50.2 Å². The van der Waals surface area contributed by atoms with Crippen LogP contribution in [0.1, 0.15) is 5.48 Å². The van der Waals surface area contributed by atoms with Gasteiger partial charge in [-0.1, -0.05) is 188 Å². The molecule has 0 aliphatic heterocycles. The molecule has 0 unspecified atom stereocenters. The van der Waals surface area contributed by atoms with Crippen LogP contribution in [0, 0.1) is 0 Å². The maximum atomic E-state index is 9.45. The fraction of sp³-hybridized carbons (Fsp3) is 0. The van der Waals surface area contributed by atoms with Crippen LogP contribution in [0.5, 0.6) is 0 Å². The molecule has 250 valence electrons. The molecular weight excluding hydrogens is 639 g/mol. The zero-order valence-corrected chi connectivity index (χ0v) is 29.0. The average molecular weight is 680 g/mol. The number of hydrogen-bond donors (Lipinski definition) is 0. The van der Waals surface area contributed by atoms with E-state index in [9.17, 15) is 5.48 Å². The summed E-state index contributed by atoms with van der Waals surface area (Å²) in [6, 6.07) is 66.9. The van der Waals surface area contributed by atoms with Crippen molar-refractivity contribution in [1.29, 1.82) is 0 Å². The molecule has 0 aliphatic rings. The Balaban J connectivity index is 1.17. The van der Waals surface area contributed by atoms with Gasteiger partial charge in [0.05, 0.1) is 5.48 Å². The highest BCUT2D eigenvalue weighted by molar-refractivity contribution is 6.04. The van der Waals surface area contributed by atoms with Crippen LogP contribution in [-0.4, -0.2) is 0 Å². The van der Waals surface area contributed by atoms with Gasteiger partial charge in [0.15, 0.2) is 0 Å². The van der Waals surface area contributed by atoms with E-state index in [1.807, 2.05) is 120 Å². The summed E-state index contributed by atoms with van der Waals surface area (Å²) >= 11 is 0. The van der Waals surface area contributed by atoms with Crippen LogP contribution in [0.15, 0.2) is 224 Å². The Morgan fingerprint density at radius 3 is 1.25 bits per heavy atom. The Labute approximate surface area is 317 Å². The molecular formula is C52H37N. The maximum Gasteiger partial charge on any atom is 0.0645 e. The van der Waals surface area contributed by atoms with Crippen LogP contribution in [-0.2, 0) is 0 Å². The zero-order valence-electron chi connectivity index (χ0n) is 33.0. The molecule has 1 heteroatoms. The first-order valence-electron chi connectivity index (χ1n) is 19.9. The first kappa shape index (κ1) is 27.7. The fourth-order valence-electron chi connectivity index (χ4n) is 7.08. The third kappa shape index (κ3) is 6.53. The lowest BCUT2D eigenvalue weighted by Crippen LogP contribution is -2.09. The molecule has 0 fully saturated rings. The minimum Gasteiger partial charge on any atom is -0.311 e. The number of anilines is 3. The van der Waals surface area contributed by atoms with Gasteiger partial charge in [0.25, 0.3) is 0 Å². The summed E-state index contributed by atoms with van der Waals surface area (Å²) in [5, 5.41) is 2.34. The van der Waals surface area contributed by atoms with Crippen LogP contribution in [0.25, 0.3) is 66.4 Å². The second kappa shape index (κ2) is 14.3. The third-order valence-corrected chi connectivity index (χ3v) is 9.78.